The van der Waals surface area contributed by atoms with Gasteiger partial charge >= 0.3 is 5.97 Å². The lowest BCUT2D eigenvalue weighted by Gasteiger charge is -2.21. The highest BCUT2D eigenvalue weighted by atomic mass is 16.5. The van der Waals surface area contributed by atoms with Crippen LogP contribution in [0.2, 0.25) is 0 Å². The normalized spacial score (nSPS) is 11.8. The fourth-order valence-corrected chi connectivity index (χ4v) is 1.96. The number of esters is 1. The van der Waals surface area contributed by atoms with Gasteiger partial charge in [-0.2, -0.15) is 5.26 Å². The molecule has 0 saturated carbocycles. The van der Waals surface area contributed by atoms with Crippen LogP contribution in [0.3, 0.4) is 0 Å². The Kier molecular flexibility index (Phi) is 7.87. The van der Waals surface area contributed by atoms with E-state index >= 15 is 0 Å². The predicted molar refractivity (Wildman–Crippen MR) is 91.7 cm³/mol. The highest BCUT2D eigenvalue weighted by molar-refractivity contribution is 5.98. The van der Waals surface area contributed by atoms with E-state index in [9.17, 15) is 14.4 Å². The molecule has 0 aliphatic rings. The molecule has 0 radical (unpaired) electrons. The van der Waals surface area contributed by atoms with E-state index in [4.69, 9.17) is 10.00 Å². The molecule has 1 aromatic rings. The molecule has 0 bridgehead atoms. The van der Waals surface area contributed by atoms with E-state index in [2.05, 4.69) is 5.32 Å². The van der Waals surface area contributed by atoms with E-state index < -0.39 is 23.9 Å². The molecule has 0 spiro atoms. The summed E-state index contributed by atoms with van der Waals surface area (Å²) in [6, 6.07) is 10.9. The first-order valence-electron chi connectivity index (χ1n) is 7.72. The van der Waals surface area contributed by atoms with Crippen LogP contribution in [0.15, 0.2) is 36.0 Å². The molecular formula is C18H21N3O4. The lowest BCUT2D eigenvalue weighted by molar-refractivity contribution is -0.155. The molecule has 0 aromatic heterocycles. The van der Waals surface area contributed by atoms with E-state index in [0.717, 1.165) is 0 Å². The minimum atomic E-state index is -1.04. The number of hydrogen-bond donors (Lipinski definition) is 1. The maximum Gasteiger partial charge on any atom is 0.355 e. The minimum absolute atomic E-state index is 0.0574. The highest BCUT2D eigenvalue weighted by Gasteiger charge is 2.23. The minimum Gasteiger partial charge on any atom is -0.448 e. The van der Waals surface area contributed by atoms with Crippen molar-refractivity contribution in [2.75, 3.05) is 13.6 Å². The Bertz CT molecular complexity index is 692. The van der Waals surface area contributed by atoms with Gasteiger partial charge in [0.25, 0.3) is 5.91 Å². The van der Waals surface area contributed by atoms with Crippen LogP contribution in [0.1, 0.15) is 25.8 Å². The summed E-state index contributed by atoms with van der Waals surface area (Å²) in [6.07, 6.45) is 0.623. The number of carbonyl (C=O) groups excluding carboxylic acids is 3. The number of likely N-dealkylation sites (N-methyl/N-ethyl adjacent to an activating group) is 1. The van der Waals surface area contributed by atoms with E-state index in [1.807, 2.05) is 12.1 Å². The molecule has 0 aliphatic carbocycles. The molecule has 7 nitrogen and oxygen atoms in total. The number of ether oxygens (including phenoxy) is 1. The number of nitriles is 1. The second-order valence-electron chi connectivity index (χ2n) is 5.37. The predicted octanol–water partition coefficient (Wildman–Crippen LogP) is 1.47. The summed E-state index contributed by atoms with van der Waals surface area (Å²) < 4.78 is 5.15. The number of hydrogen-bond acceptors (Lipinski definition) is 5. The number of rotatable bonds is 7. The van der Waals surface area contributed by atoms with Crippen molar-refractivity contribution in [3.8, 4) is 6.07 Å². The smallest absolute Gasteiger partial charge is 0.355 e. The standard InChI is InChI=1S/C18H21N3O4/c1-13(17(23)21(3)11-7-10-19)25-18(24)16(20-14(2)22)12-15-8-5-4-6-9-15/h4-6,8-9,12-13H,7,11H2,1-3H3,(H,20,22)/b16-12-/t13-/m1/s1. The summed E-state index contributed by atoms with van der Waals surface area (Å²) in [5.41, 5.74) is 0.645. The van der Waals surface area contributed by atoms with Crippen molar-refractivity contribution in [1.29, 1.82) is 5.26 Å². The molecule has 0 aliphatic heterocycles. The second-order valence-corrected chi connectivity index (χ2v) is 5.37. The Morgan fingerprint density at radius 3 is 2.52 bits per heavy atom. The summed E-state index contributed by atoms with van der Waals surface area (Å²) in [7, 11) is 1.53. The third kappa shape index (κ3) is 6.87. The van der Waals surface area contributed by atoms with E-state index in [0.29, 0.717) is 5.56 Å². The van der Waals surface area contributed by atoms with Gasteiger partial charge in [-0.15, -0.1) is 0 Å². The Morgan fingerprint density at radius 2 is 1.96 bits per heavy atom. The first-order valence-corrected chi connectivity index (χ1v) is 7.72. The van der Waals surface area contributed by atoms with Crippen molar-refractivity contribution < 1.29 is 19.1 Å². The molecule has 132 valence electrons. The number of nitrogens with zero attached hydrogens (tertiary/aromatic N) is 2. The zero-order valence-corrected chi connectivity index (χ0v) is 14.5. The van der Waals surface area contributed by atoms with Crippen LogP contribution in [0.4, 0.5) is 0 Å². The summed E-state index contributed by atoms with van der Waals surface area (Å²) >= 11 is 0. The lowest BCUT2D eigenvalue weighted by Crippen LogP contribution is -2.39. The molecular weight excluding hydrogens is 322 g/mol. The monoisotopic (exact) mass is 343 g/mol. The Balaban J connectivity index is 2.85. The molecule has 7 heteroatoms. The summed E-state index contributed by atoms with van der Waals surface area (Å²) in [5.74, 6) is -1.66. The van der Waals surface area contributed by atoms with Crippen LogP contribution in [0.25, 0.3) is 6.08 Å². The van der Waals surface area contributed by atoms with Gasteiger partial charge in [-0.05, 0) is 18.6 Å². The molecule has 0 unspecified atom stereocenters. The van der Waals surface area contributed by atoms with Gasteiger partial charge in [0, 0.05) is 20.5 Å². The average molecular weight is 343 g/mol. The lowest BCUT2D eigenvalue weighted by atomic mass is 10.2. The summed E-state index contributed by atoms with van der Waals surface area (Å²) in [6.45, 7) is 2.96. The zero-order chi connectivity index (χ0) is 18.8. The molecule has 0 heterocycles. The molecule has 1 aromatic carbocycles. The van der Waals surface area contributed by atoms with Gasteiger partial charge in [0.2, 0.25) is 5.91 Å². The molecule has 1 atom stereocenters. The van der Waals surface area contributed by atoms with Crippen LogP contribution < -0.4 is 5.32 Å². The molecule has 0 saturated heterocycles. The maximum absolute atomic E-state index is 12.3. The Labute approximate surface area is 146 Å². The zero-order valence-electron chi connectivity index (χ0n) is 14.5. The highest BCUT2D eigenvalue weighted by Crippen LogP contribution is 2.08. The number of nitrogens with one attached hydrogen (secondary N) is 1. The van der Waals surface area contributed by atoms with Crippen molar-refractivity contribution in [3.05, 3.63) is 41.6 Å². The third-order valence-electron chi connectivity index (χ3n) is 3.21. The largest absolute Gasteiger partial charge is 0.448 e. The maximum atomic E-state index is 12.3. The van der Waals surface area contributed by atoms with Crippen LogP contribution in [-0.2, 0) is 19.1 Å². The van der Waals surface area contributed by atoms with Gasteiger partial charge < -0.3 is 15.0 Å². The van der Waals surface area contributed by atoms with Crippen molar-refractivity contribution in [1.82, 2.24) is 10.2 Å². The first kappa shape index (κ1) is 19.9. The number of amides is 2. The summed E-state index contributed by atoms with van der Waals surface area (Å²) in [4.78, 5) is 37.1. The van der Waals surface area contributed by atoms with Crippen LogP contribution in [-0.4, -0.2) is 42.4 Å². The van der Waals surface area contributed by atoms with E-state index in [-0.39, 0.29) is 18.7 Å². The summed E-state index contributed by atoms with van der Waals surface area (Å²) in [5, 5.41) is 11.0. The Morgan fingerprint density at radius 1 is 1.32 bits per heavy atom. The molecule has 1 N–H and O–H groups in total. The SMILES string of the molecule is CC(=O)N/C(=C\c1ccccc1)C(=O)O[C@H](C)C(=O)N(C)CCC#N. The molecule has 2 amide bonds. The van der Waals surface area contributed by atoms with E-state index in [1.54, 1.807) is 24.3 Å². The number of carbonyl (C=O) groups is 3. The Hall–Kier alpha value is -3.14. The average Bonchev–Trinajstić information content (AvgIpc) is 2.58. The van der Waals surface area contributed by atoms with Crippen LogP contribution >= 0.6 is 0 Å². The van der Waals surface area contributed by atoms with Gasteiger partial charge in [-0.25, -0.2) is 4.79 Å². The van der Waals surface area contributed by atoms with Gasteiger partial charge in [0.05, 0.1) is 12.5 Å². The van der Waals surface area contributed by atoms with Gasteiger partial charge in [0.1, 0.15) is 5.70 Å². The second kappa shape index (κ2) is 9.88. The fourth-order valence-electron chi connectivity index (χ4n) is 1.96. The van der Waals surface area contributed by atoms with Gasteiger partial charge in [-0.1, -0.05) is 30.3 Å². The molecule has 1 rings (SSSR count). The van der Waals surface area contributed by atoms with E-state index in [1.165, 1.54) is 31.9 Å². The van der Waals surface area contributed by atoms with Gasteiger partial charge in [0.15, 0.2) is 6.10 Å². The quantitative estimate of drug-likeness (QED) is 0.597. The van der Waals surface area contributed by atoms with Crippen LogP contribution in [0, 0.1) is 11.3 Å². The number of benzene rings is 1. The molecule has 0 fully saturated rings. The third-order valence-corrected chi connectivity index (χ3v) is 3.21. The van der Waals surface area contributed by atoms with Crippen molar-refractivity contribution in [3.63, 3.8) is 0 Å². The fraction of sp³-hybridized carbons (Fsp3) is 0.333. The van der Waals surface area contributed by atoms with Crippen LogP contribution in [0.5, 0.6) is 0 Å². The van der Waals surface area contributed by atoms with Crippen molar-refractivity contribution in [2.45, 2.75) is 26.4 Å². The first-order chi connectivity index (χ1) is 11.8. The molecule has 25 heavy (non-hydrogen) atoms. The van der Waals surface area contributed by atoms with Crippen molar-refractivity contribution in [2.24, 2.45) is 0 Å². The van der Waals surface area contributed by atoms with Crippen molar-refractivity contribution >= 4 is 23.9 Å². The van der Waals surface area contributed by atoms with Gasteiger partial charge in [-0.3, -0.25) is 9.59 Å². The topological polar surface area (TPSA) is 99.5 Å².